The summed E-state index contributed by atoms with van der Waals surface area (Å²) in [5, 5.41) is 3.79. The predicted octanol–water partition coefficient (Wildman–Crippen LogP) is 2.83. The molecule has 5 nitrogen and oxygen atoms in total. The minimum atomic E-state index is -0.256. The van der Waals surface area contributed by atoms with E-state index in [1.165, 1.54) is 0 Å². The Labute approximate surface area is 116 Å². The fourth-order valence-corrected chi connectivity index (χ4v) is 2.12. The van der Waals surface area contributed by atoms with Crippen molar-refractivity contribution in [3.63, 3.8) is 0 Å². The van der Waals surface area contributed by atoms with Gasteiger partial charge in [-0.3, -0.25) is 9.78 Å². The fraction of sp³-hybridized carbons (Fsp3) is 0.133. The third kappa shape index (κ3) is 2.25. The zero-order valence-corrected chi connectivity index (χ0v) is 11.3. The lowest BCUT2D eigenvalue weighted by atomic mass is 10.1. The van der Waals surface area contributed by atoms with E-state index in [2.05, 4.69) is 20.3 Å². The van der Waals surface area contributed by atoms with Gasteiger partial charge in [-0.05, 0) is 26.0 Å². The molecule has 5 heteroatoms. The molecule has 0 aliphatic rings. The number of aromatic nitrogens is 3. The highest BCUT2D eigenvalue weighted by Crippen LogP contribution is 2.23. The zero-order chi connectivity index (χ0) is 14.1. The molecule has 0 atom stereocenters. The van der Waals surface area contributed by atoms with Crippen molar-refractivity contribution in [1.29, 1.82) is 0 Å². The summed E-state index contributed by atoms with van der Waals surface area (Å²) in [5.74, 6) is 0.0508. The van der Waals surface area contributed by atoms with Crippen molar-refractivity contribution in [2.75, 3.05) is 5.32 Å². The van der Waals surface area contributed by atoms with E-state index in [1.54, 1.807) is 6.20 Å². The molecule has 1 aromatic carbocycles. The van der Waals surface area contributed by atoms with Crippen LogP contribution >= 0.6 is 0 Å². The number of H-pyrrole nitrogens is 1. The van der Waals surface area contributed by atoms with E-state index in [4.69, 9.17) is 0 Å². The first-order valence-electron chi connectivity index (χ1n) is 6.33. The van der Waals surface area contributed by atoms with Crippen LogP contribution in [0.3, 0.4) is 0 Å². The van der Waals surface area contributed by atoms with Gasteiger partial charge in [0.15, 0.2) is 5.82 Å². The number of hydrogen-bond donors (Lipinski definition) is 2. The van der Waals surface area contributed by atoms with Crippen molar-refractivity contribution < 1.29 is 4.79 Å². The monoisotopic (exact) mass is 266 g/mol. The van der Waals surface area contributed by atoms with Gasteiger partial charge in [-0.15, -0.1) is 0 Å². The van der Waals surface area contributed by atoms with Gasteiger partial charge in [0.05, 0.1) is 11.2 Å². The maximum atomic E-state index is 12.2. The smallest absolute Gasteiger partial charge is 0.291 e. The molecule has 0 aliphatic carbocycles. The summed E-state index contributed by atoms with van der Waals surface area (Å²) in [6.07, 6.45) is 1.63. The van der Waals surface area contributed by atoms with Gasteiger partial charge in [-0.25, -0.2) is 4.98 Å². The zero-order valence-electron chi connectivity index (χ0n) is 11.3. The first kappa shape index (κ1) is 12.3. The second-order valence-corrected chi connectivity index (χ2v) is 4.70. The molecule has 0 radical (unpaired) electrons. The number of amides is 1. The number of nitrogens with zero attached hydrogens (tertiary/aromatic N) is 2. The van der Waals surface area contributed by atoms with Crippen molar-refractivity contribution >= 4 is 22.5 Å². The number of pyridine rings is 1. The van der Waals surface area contributed by atoms with E-state index < -0.39 is 0 Å². The largest absolute Gasteiger partial charge is 0.338 e. The second-order valence-electron chi connectivity index (χ2n) is 4.70. The lowest BCUT2D eigenvalue weighted by molar-refractivity contribution is 0.101. The fourth-order valence-electron chi connectivity index (χ4n) is 2.12. The molecule has 0 aliphatic heterocycles. The number of carbonyl (C=O) groups excluding carboxylic acids is 1. The Kier molecular flexibility index (Phi) is 2.95. The molecule has 2 N–H and O–H groups in total. The van der Waals surface area contributed by atoms with Gasteiger partial charge in [0.25, 0.3) is 5.91 Å². The highest BCUT2D eigenvalue weighted by atomic mass is 16.2. The van der Waals surface area contributed by atoms with Crippen molar-refractivity contribution in [3.8, 4) is 0 Å². The number of fused-ring (bicyclic) bond motifs is 1. The number of aryl methyl sites for hydroxylation is 2. The number of benzene rings is 1. The van der Waals surface area contributed by atoms with Crippen molar-refractivity contribution in [3.05, 3.63) is 53.7 Å². The molecular formula is C15H14N4O. The van der Waals surface area contributed by atoms with Crippen LogP contribution in [0.4, 0.5) is 5.69 Å². The van der Waals surface area contributed by atoms with Crippen LogP contribution in [0.1, 0.15) is 22.0 Å². The molecule has 0 bridgehead atoms. The maximum Gasteiger partial charge on any atom is 0.291 e. The quantitative estimate of drug-likeness (QED) is 0.749. The number of para-hydroxylation sites is 1. The van der Waals surface area contributed by atoms with Crippen LogP contribution in [-0.2, 0) is 0 Å². The van der Waals surface area contributed by atoms with E-state index in [0.29, 0.717) is 5.82 Å². The molecule has 0 saturated heterocycles. The van der Waals surface area contributed by atoms with Gasteiger partial charge in [-0.1, -0.05) is 18.2 Å². The minimum Gasteiger partial charge on any atom is -0.338 e. The normalized spacial score (nSPS) is 10.7. The average Bonchev–Trinajstić information content (AvgIpc) is 2.85. The van der Waals surface area contributed by atoms with Gasteiger partial charge in [0.1, 0.15) is 0 Å². The Morgan fingerprint density at radius 1 is 1.25 bits per heavy atom. The molecule has 0 unspecified atom stereocenters. The van der Waals surface area contributed by atoms with E-state index in [0.717, 1.165) is 28.0 Å². The lowest BCUT2D eigenvalue weighted by Gasteiger charge is -2.08. The average molecular weight is 266 g/mol. The molecule has 1 amide bonds. The van der Waals surface area contributed by atoms with E-state index in [9.17, 15) is 4.79 Å². The Balaban J connectivity index is 2.00. The van der Waals surface area contributed by atoms with Crippen LogP contribution in [0.25, 0.3) is 10.9 Å². The number of nitrogens with one attached hydrogen (secondary N) is 2. The van der Waals surface area contributed by atoms with E-state index in [1.807, 2.05) is 44.2 Å². The van der Waals surface area contributed by atoms with Crippen LogP contribution in [-0.4, -0.2) is 20.9 Å². The molecular weight excluding hydrogens is 252 g/mol. The summed E-state index contributed by atoms with van der Waals surface area (Å²) < 4.78 is 0. The van der Waals surface area contributed by atoms with Crippen LogP contribution in [0.5, 0.6) is 0 Å². The Morgan fingerprint density at radius 3 is 2.80 bits per heavy atom. The molecule has 20 heavy (non-hydrogen) atoms. The van der Waals surface area contributed by atoms with Crippen molar-refractivity contribution in [2.45, 2.75) is 13.8 Å². The van der Waals surface area contributed by atoms with Crippen LogP contribution < -0.4 is 5.32 Å². The second kappa shape index (κ2) is 4.77. The van der Waals surface area contributed by atoms with Gasteiger partial charge in [0, 0.05) is 23.0 Å². The topological polar surface area (TPSA) is 70.7 Å². The molecule has 0 saturated carbocycles. The summed E-state index contributed by atoms with van der Waals surface area (Å²) in [7, 11) is 0. The van der Waals surface area contributed by atoms with Gasteiger partial charge in [0.2, 0.25) is 0 Å². The van der Waals surface area contributed by atoms with Crippen molar-refractivity contribution in [1.82, 2.24) is 15.0 Å². The molecule has 0 fully saturated rings. The molecule has 3 aromatic rings. The van der Waals surface area contributed by atoms with Crippen LogP contribution in [0, 0.1) is 13.8 Å². The number of anilines is 1. The highest BCUT2D eigenvalue weighted by Gasteiger charge is 2.12. The van der Waals surface area contributed by atoms with E-state index >= 15 is 0 Å². The third-order valence-electron chi connectivity index (χ3n) is 3.01. The lowest BCUT2D eigenvalue weighted by Crippen LogP contribution is -2.14. The number of rotatable bonds is 2. The third-order valence-corrected chi connectivity index (χ3v) is 3.01. The maximum absolute atomic E-state index is 12.2. The molecule has 3 rings (SSSR count). The Morgan fingerprint density at radius 2 is 2.05 bits per heavy atom. The summed E-state index contributed by atoms with van der Waals surface area (Å²) in [6.45, 7) is 3.76. The Hall–Kier alpha value is -2.69. The molecule has 100 valence electrons. The van der Waals surface area contributed by atoms with Crippen LogP contribution in [0.2, 0.25) is 0 Å². The summed E-state index contributed by atoms with van der Waals surface area (Å²) >= 11 is 0. The number of carbonyl (C=O) groups is 1. The summed E-state index contributed by atoms with van der Waals surface area (Å²) in [4.78, 5) is 23.6. The SMILES string of the molecule is Cc1cc(NC(=O)c2ncc(C)[nH]2)c2ccccc2n1. The Bertz CT molecular complexity index is 791. The van der Waals surface area contributed by atoms with Crippen LogP contribution in [0.15, 0.2) is 36.5 Å². The van der Waals surface area contributed by atoms with Gasteiger partial charge >= 0.3 is 0 Å². The van der Waals surface area contributed by atoms with Gasteiger partial charge in [-0.2, -0.15) is 0 Å². The first-order valence-corrected chi connectivity index (χ1v) is 6.33. The number of aromatic amines is 1. The summed E-state index contributed by atoms with van der Waals surface area (Å²) in [6, 6.07) is 9.57. The van der Waals surface area contributed by atoms with E-state index in [-0.39, 0.29) is 5.91 Å². The van der Waals surface area contributed by atoms with Gasteiger partial charge < -0.3 is 10.3 Å². The molecule has 2 heterocycles. The molecule has 0 spiro atoms. The molecule has 2 aromatic heterocycles. The highest BCUT2D eigenvalue weighted by molar-refractivity contribution is 6.06. The number of hydrogen-bond acceptors (Lipinski definition) is 3. The summed E-state index contributed by atoms with van der Waals surface area (Å²) in [5.41, 5.74) is 3.31. The predicted molar refractivity (Wildman–Crippen MR) is 77.8 cm³/mol. The van der Waals surface area contributed by atoms with Crippen molar-refractivity contribution in [2.24, 2.45) is 0 Å². The first-order chi connectivity index (χ1) is 9.63. The standard InChI is InChI=1S/C15H14N4O/c1-9-7-13(11-5-3-4-6-12(11)17-9)19-15(20)14-16-8-10(2)18-14/h3-8H,1-2H3,(H,16,18)(H,17,19,20). The minimum absolute atomic E-state index is 0.256. The number of imidazole rings is 1.